The number of fused-ring (bicyclic) bond motifs is 3. The lowest BCUT2D eigenvalue weighted by Crippen LogP contribution is -2.40. The molecule has 17 heteroatoms. The highest BCUT2D eigenvalue weighted by atomic mass is 19.1. The number of nitrogens with one attached hydrogen (secondary N) is 1. The summed E-state index contributed by atoms with van der Waals surface area (Å²) < 4.78 is 50.3. The van der Waals surface area contributed by atoms with Gasteiger partial charge in [-0.2, -0.15) is 10.2 Å². The van der Waals surface area contributed by atoms with Crippen molar-refractivity contribution in [2.24, 2.45) is 13.0 Å². The number of imidazole rings is 1. The van der Waals surface area contributed by atoms with Crippen LogP contribution in [0.4, 0.5) is 8.78 Å². The minimum absolute atomic E-state index is 0.00315. The Morgan fingerprint density at radius 3 is 2.38 bits per heavy atom. The van der Waals surface area contributed by atoms with Crippen LogP contribution in [0, 0.1) is 31.4 Å². The van der Waals surface area contributed by atoms with Crippen LogP contribution in [-0.4, -0.2) is 72.5 Å². The zero-order chi connectivity index (χ0) is 46.1. The van der Waals surface area contributed by atoms with Crippen LogP contribution >= 0.6 is 0 Å². The molecule has 1 aliphatic carbocycles. The van der Waals surface area contributed by atoms with Crippen molar-refractivity contribution in [1.29, 1.82) is 0 Å². The van der Waals surface area contributed by atoms with E-state index in [2.05, 4.69) is 54.2 Å². The van der Waals surface area contributed by atoms with Crippen molar-refractivity contribution in [3.63, 3.8) is 0 Å². The van der Waals surface area contributed by atoms with E-state index >= 15 is 13.6 Å². The number of hydrogen-bond acceptors (Lipinski definition) is 8. The van der Waals surface area contributed by atoms with E-state index in [0.717, 1.165) is 29.3 Å². The highest BCUT2D eigenvalue weighted by Crippen LogP contribution is 2.56. The third kappa shape index (κ3) is 6.36. The number of hydrogen-bond donors (Lipinski definition) is 1. The number of halogens is 2. The van der Waals surface area contributed by atoms with Gasteiger partial charge in [-0.1, -0.05) is 18.1 Å². The largest absolute Gasteiger partial charge is 0.438 e. The van der Waals surface area contributed by atoms with Crippen molar-refractivity contribution >= 4 is 27.7 Å². The molecule has 3 aromatic carbocycles. The van der Waals surface area contributed by atoms with Crippen LogP contribution in [0.2, 0.25) is 0 Å². The second-order valence-corrected chi connectivity index (χ2v) is 19.2. The van der Waals surface area contributed by atoms with Crippen LogP contribution in [0.25, 0.3) is 39.0 Å². The fourth-order valence-corrected chi connectivity index (χ4v) is 10.8. The number of nitrogens with zero attached hydrogens (tertiary/aromatic N) is 9. The summed E-state index contributed by atoms with van der Waals surface area (Å²) in [4.78, 5) is 47.5. The predicted molar refractivity (Wildman–Crippen MR) is 242 cm³/mol. The normalized spacial score (nSPS) is 21.7. The van der Waals surface area contributed by atoms with Gasteiger partial charge in [0.2, 0.25) is 0 Å². The van der Waals surface area contributed by atoms with E-state index < -0.39 is 22.8 Å². The third-order valence-corrected chi connectivity index (χ3v) is 14.5. The standard InChI is InChI=1S/C49H50F2N10O5/c1-26-18-33(19-27(2)41(26)50)61-43(58-16-15-57(47(58)64)39-13-12-38-34(42(39)51)24-52-56(38)7)35-25-59(29(4)8-10-36(35)54-61)44(62)40-21-32-20-30(31-14-17-65-48(5,6)23-31)9-11-37(32)60(40)49(22-28(49)3)45-53-46(63)66-55-45/h9,11-13,15-16,18-21,24,28-29,31H,8,10,14,17,22-23,25H2,1-7H3,(H,53,55,63)/t28-,29-,31-,49-/m0/s1. The molecule has 15 nitrogen and oxygen atoms in total. The number of rotatable bonds is 7. The first-order chi connectivity index (χ1) is 31.5. The predicted octanol–water partition coefficient (Wildman–Crippen LogP) is 7.66. The highest BCUT2D eigenvalue weighted by Gasteiger charge is 2.59. The highest BCUT2D eigenvalue weighted by molar-refractivity contribution is 6.00. The Morgan fingerprint density at radius 2 is 1.67 bits per heavy atom. The van der Waals surface area contributed by atoms with Crippen LogP contribution in [-0.2, 0) is 30.3 Å². The van der Waals surface area contributed by atoms with Crippen LogP contribution in [0.15, 0.2) is 81.2 Å². The van der Waals surface area contributed by atoms with Crippen molar-refractivity contribution in [3.8, 4) is 17.2 Å². The summed E-state index contributed by atoms with van der Waals surface area (Å²) in [6.07, 6.45) is 7.86. The molecular formula is C49H50F2N10O5. The van der Waals surface area contributed by atoms with E-state index in [4.69, 9.17) is 14.4 Å². The molecule has 0 radical (unpaired) electrons. The molecule has 340 valence electrons. The molecule has 0 spiro atoms. The van der Waals surface area contributed by atoms with Gasteiger partial charge in [0.15, 0.2) is 11.6 Å². The molecule has 0 unspecified atom stereocenters. The molecule has 66 heavy (non-hydrogen) atoms. The minimum Gasteiger partial charge on any atom is -0.376 e. The van der Waals surface area contributed by atoms with Crippen molar-refractivity contribution in [3.05, 3.63) is 139 Å². The van der Waals surface area contributed by atoms with Crippen LogP contribution in [0.5, 0.6) is 0 Å². The number of aromatic nitrogens is 9. The number of ether oxygens (including phenoxy) is 1. The fourth-order valence-electron chi connectivity index (χ4n) is 10.8. The molecule has 1 saturated carbocycles. The lowest BCUT2D eigenvalue weighted by atomic mass is 9.83. The van der Waals surface area contributed by atoms with Gasteiger partial charge >= 0.3 is 11.4 Å². The van der Waals surface area contributed by atoms with E-state index in [0.29, 0.717) is 76.8 Å². The monoisotopic (exact) mass is 896 g/mol. The Morgan fingerprint density at radius 1 is 0.924 bits per heavy atom. The molecule has 1 N–H and O–H groups in total. The SMILES string of the molecule is Cc1cc(-n2nc3c(c2-n2ccn(-c4ccc5c(cnn5C)c4F)c2=O)CN(C(=O)c2cc4cc([C@H]5CCOC(C)(C)C5)ccc4n2[C@@]2(c4noc(=O)[nH]4)C[C@@H]2C)[C@@H](C)CC3)cc(C)c1F. The molecule has 2 aliphatic heterocycles. The number of aryl methyl sites for hydroxylation is 4. The number of amides is 1. The Hall–Kier alpha value is -6.88. The summed E-state index contributed by atoms with van der Waals surface area (Å²) in [7, 11) is 1.72. The van der Waals surface area contributed by atoms with Crippen LogP contribution < -0.4 is 11.4 Å². The number of carbonyl (C=O) groups is 1. The van der Waals surface area contributed by atoms with Gasteiger partial charge in [0.25, 0.3) is 5.91 Å². The molecule has 11 rings (SSSR count). The molecule has 4 atom stereocenters. The summed E-state index contributed by atoms with van der Waals surface area (Å²) in [6.45, 7) is 12.4. The Kier molecular flexibility index (Phi) is 9.39. The molecule has 8 aromatic rings. The maximum Gasteiger partial charge on any atom is 0.438 e. The van der Waals surface area contributed by atoms with Gasteiger partial charge in [-0.05, 0) is 138 Å². The molecule has 5 aromatic heterocycles. The molecule has 1 amide bonds. The van der Waals surface area contributed by atoms with E-state index in [-0.39, 0.29) is 52.8 Å². The van der Waals surface area contributed by atoms with Gasteiger partial charge in [0.1, 0.15) is 22.9 Å². The lowest BCUT2D eigenvalue weighted by molar-refractivity contribution is -0.0592. The molecule has 3 aliphatic rings. The second-order valence-electron chi connectivity index (χ2n) is 19.2. The Bertz CT molecular complexity index is 3390. The van der Waals surface area contributed by atoms with Gasteiger partial charge in [0, 0.05) is 48.6 Å². The summed E-state index contributed by atoms with van der Waals surface area (Å²) >= 11 is 0. The van der Waals surface area contributed by atoms with E-state index in [1.807, 2.05) is 22.5 Å². The van der Waals surface area contributed by atoms with Gasteiger partial charge in [-0.25, -0.2) is 23.1 Å². The quantitative estimate of drug-likeness (QED) is 0.171. The van der Waals surface area contributed by atoms with Gasteiger partial charge in [0.05, 0.1) is 46.3 Å². The van der Waals surface area contributed by atoms with Crippen LogP contribution in [0.1, 0.15) is 104 Å². The summed E-state index contributed by atoms with van der Waals surface area (Å²) in [5.74, 6) is -0.908. The topological polar surface area (TPSA) is 156 Å². The second kappa shape index (κ2) is 14.8. The number of carbonyl (C=O) groups excluding carboxylic acids is 1. The number of benzene rings is 3. The van der Waals surface area contributed by atoms with Gasteiger partial charge < -0.3 is 14.2 Å². The maximum atomic E-state index is 16.2. The van der Waals surface area contributed by atoms with Crippen LogP contribution in [0.3, 0.4) is 0 Å². The van der Waals surface area contributed by atoms with Crippen molar-refractivity contribution < 1.29 is 22.8 Å². The van der Waals surface area contributed by atoms with E-state index in [1.54, 1.807) is 60.7 Å². The Balaban J connectivity index is 1.07. The lowest BCUT2D eigenvalue weighted by Gasteiger charge is -2.35. The Labute approximate surface area is 377 Å². The summed E-state index contributed by atoms with van der Waals surface area (Å²) in [5.41, 5.74) is 3.95. The third-order valence-electron chi connectivity index (χ3n) is 14.5. The zero-order valence-corrected chi connectivity index (χ0v) is 37.9. The fraction of sp³-hybridized carbons (Fsp3) is 0.388. The van der Waals surface area contributed by atoms with E-state index in [1.165, 1.54) is 21.5 Å². The first-order valence-electron chi connectivity index (χ1n) is 22.5. The first kappa shape index (κ1) is 41.8. The first-order valence-corrected chi connectivity index (χ1v) is 22.5. The van der Waals surface area contributed by atoms with Crippen molar-refractivity contribution in [2.75, 3.05) is 6.61 Å². The van der Waals surface area contributed by atoms with Crippen molar-refractivity contribution in [2.45, 2.75) is 103 Å². The minimum atomic E-state index is -0.861. The maximum absolute atomic E-state index is 16.2. The molecule has 2 fully saturated rings. The average molecular weight is 897 g/mol. The van der Waals surface area contributed by atoms with Gasteiger partial charge in [-0.15, -0.1) is 0 Å². The zero-order valence-electron chi connectivity index (χ0n) is 37.9. The van der Waals surface area contributed by atoms with Crippen molar-refractivity contribution in [1.82, 2.24) is 48.3 Å². The molecular weight excluding hydrogens is 847 g/mol. The molecule has 7 heterocycles. The smallest absolute Gasteiger partial charge is 0.376 e. The van der Waals surface area contributed by atoms with Gasteiger partial charge in [-0.3, -0.25) is 28.1 Å². The van der Waals surface area contributed by atoms with E-state index in [9.17, 15) is 9.59 Å². The summed E-state index contributed by atoms with van der Waals surface area (Å²) in [6, 6.07) is 14.7. The molecule has 1 saturated heterocycles. The summed E-state index contributed by atoms with van der Waals surface area (Å²) in [5, 5.41) is 14.7. The number of H-pyrrole nitrogens is 1. The average Bonchev–Trinajstić information content (AvgIpc) is 3.86. The number of aromatic amines is 1. The molecule has 0 bridgehead atoms.